The molecule has 0 amide bonds. The molecule has 2 heteroatoms. The second-order valence-corrected chi connectivity index (χ2v) is 6.44. The molecule has 116 valence electrons. The smallest absolute Gasteiger partial charge is 0.0915 e. The van der Waals surface area contributed by atoms with E-state index in [1.165, 1.54) is 22.3 Å². The first-order valence-electron chi connectivity index (χ1n) is 7.93. The van der Waals surface area contributed by atoms with Crippen molar-refractivity contribution < 1.29 is 0 Å². The van der Waals surface area contributed by atoms with Crippen LogP contribution in [0, 0.1) is 34.6 Å². The van der Waals surface area contributed by atoms with Crippen molar-refractivity contribution >= 4 is 0 Å². The van der Waals surface area contributed by atoms with Crippen molar-refractivity contribution in [3.63, 3.8) is 0 Å². The Bertz CT molecular complexity index is 839. The van der Waals surface area contributed by atoms with Crippen molar-refractivity contribution in [2.45, 2.75) is 34.6 Å². The Morgan fingerprint density at radius 1 is 0.609 bits per heavy atom. The highest BCUT2D eigenvalue weighted by atomic mass is 14.8. The predicted octanol–water partition coefficient (Wildman–Crippen LogP) is 5.35. The van der Waals surface area contributed by atoms with Crippen LogP contribution in [0.4, 0.5) is 0 Å². The zero-order chi connectivity index (χ0) is 16.6. The molecule has 0 saturated heterocycles. The van der Waals surface area contributed by atoms with Gasteiger partial charge in [-0.15, -0.1) is 0 Å². The molecule has 0 atom stereocenters. The summed E-state index contributed by atoms with van der Waals surface area (Å²) in [6.07, 6.45) is 1.88. The molecule has 2 nitrogen and oxygen atoms in total. The van der Waals surface area contributed by atoms with Crippen LogP contribution in [0.25, 0.3) is 22.5 Å². The summed E-state index contributed by atoms with van der Waals surface area (Å²) in [6, 6.07) is 13.0. The maximum absolute atomic E-state index is 4.80. The maximum atomic E-state index is 4.80. The van der Waals surface area contributed by atoms with E-state index in [-0.39, 0.29) is 0 Å². The fraction of sp³-hybridized carbons (Fsp3) is 0.238. The molecule has 0 radical (unpaired) electrons. The van der Waals surface area contributed by atoms with Crippen LogP contribution in [0.5, 0.6) is 0 Å². The predicted molar refractivity (Wildman–Crippen MR) is 96.6 cm³/mol. The van der Waals surface area contributed by atoms with Gasteiger partial charge < -0.3 is 0 Å². The molecule has 2 aromatic carbocycles. The van der Waals surface area contributed by atoms with Crippen LogP contribution >= 0.6 is 0 Å². The van der Waals surface area contributed by atoms with E-state index in [1.54, 1.807) is 0 Å². The first-order valence-corrected chi connectivity index (χ1v) is 7.93. The van der Waals surface area contributed by atoms with E-state index in [1.807, 2.05) is 13.1 Å². The third-order valence-electron chi connectivity index (χ3n) is 3.96. The van der Waals surface area contributed by atoms with E-state index in [4.69, 9.17) is 9.97 Å². The van der Waals surface area contributed by atoms with Gasteiger partial charge in [-0.25, -0.2) is 4.98 Å². The Morgan fingerprint density at radius 3 is 1.57 bits per heavy atom. The Morgan fingerprint density at radius 2 is 1.09 bits per heavy atom. The van der Waals surface area contributed by atoms with Crippen LogP contribution in [0.1, 0.15) is 27.9 Å². The number of aromatic nitrogens is 2. The molecule has 0 bridgehead atoms. The second kappa shape index (κ2) is 5.96. The molecular weight excluding hydrogens is 280 g/mol. The fourth-order valence-corrected chi connectivity index (χ4v) is 3.14. The van der Waals surface area contributed by atoms with E-state index < -0.39 is 0 Å². The molecule has 0 aliphatic rings. The van der Waals surface area contributed by atoms with Crippen molar-refractivity contribution in [2.24, 2.45) is 0 Å². The standard InChI is InChI=1S/C21H22N2/c1-13-6-14(2)9-18(8-13)20-12-22-21(17(5)23-20)19-10-15(3)7-16(4)11-19/h6-12H,1-5H3. The summed E-state index contributed by atoms with van der Waals surface area (Å²) in [7, 11) is 0. The number of nitrogens with zero attached hydrogens (tertiary/aromatic N) is 2. The highest BCUT2D eigenvalue weighted by Gasteiger charge is 2.09. The lowest BCUT2D eigenvalue weighted by atomic mass is 10.0. The molecule has 0 unspecified atom stereocenters. The first kappa shape index (κ1) is 15.4. The van der Waals surface area contributed by atoms with Gasteiger partial charge in [-0.2, -0.15) is 0 Å². The fourth-order valence-electron chi connectivity index (χ4n) is 3.14. The van der Waals surface area contributed by atoms with Gasteiger partial charge in [0, 0.05) is 11.1 Å². The number of rotatable bonds is 2. The third kappa shape index (κ3) is 3.31. The zero-order valence-corrected chi connectivity index (χ0v) is 14.4. The molecule has 23 heavy (non-hydrogen) atoms. The Balaban J connectivity index is 2.07. The number of aryl methyl sites for hydroxylation is 5. The van der Waals surface area contributed by atoms with Gasteiger partial charge in [0.1, 0.15) is 0 Å². The van der Waals surface area contributed by atoms with Crippen LogP contribution in [-0.2, 0) is 0 Å². The van der Waals surface area contributed by atoms with Crippen molar-refractivity contribution in [2.75, 3.05) is 0 Å². The summed E-state index contributed by atoms with van der Waals surface area (Å²) in [5.41, 5.74) is 10.1. The highest BCUT2D eigenvalue weighted by molar-refractivity contribution is 5.67. The first-order chi connectivity index (χ1) is 10.9. The van der Waals surface area contributed by atoms with Gasteiger partial charge in [0.25, 0.3) is 0 Å². The quantitative estimate of drug-likeness (QED) is 0.637. The molecule has 0 N–H and O–H groups in total. The lowest BCUT2D eigenvalue weighted by molar-refractivity contribution is 1.12. The van der Waals surface area contributed by atoms with Crippen LogP contribution in [0.15, 0.2) is 42.6 Å². The number of hydrogen-bond acceptors (Lipinski definition) is 2. The highest BCUT2D eigenvalue weighted by Crippen LogP contribution is 2.26. The monoisotopic (exact) mass is 302 g/mol. The van der Waals surface area contributed by atoms with E-state index in [9.17, 15) is 0 Å². The molecule has 0 spiro atoms. The lowest BCUT2D eigenvalue weighted by Gasteiger charge is -2.10. The second-order valence-electron chi connectivity index (χ2n) is 6.44. The summed E-state index contributed by atoms with van der Waals surface area (Å²) < 4.78 is 0. The number of benzene rings is 2. The molecular formula is C21H22N2. The SMILES string of the molecule is Cc1cc(C)cc(-c2cnc(-c3cc(C)cc(C)c3)c(C)n2)c1. The zero-order valence-electron chi connectivity index (χ0n) is 14.4. The van der Waals surface area contributed by atoms with Gasteiger partial charge in [0.05, 0.1) is 23.3 Å². The normalized spacial score (nSPS) is 10.8. The summed E-state index contributed by atoms with van der Waals surface area (Å²) in [5.74, 6) is 0. The van der Waals surface area contributed by atoms with Gasteiger partial charge in [-0.1, -0.05) is 34.4 Å². The van der Waals surface area contributed by atoms with Crippen molar-refractivity contribution in [3.8, 4) is 22.5 Å². The number of hydrogen-bond donors (Lipinski definition) is 0. The van der Waals surface area contributed by atoms with Crippen molar-refractivity contribution in [3.05, 3.63) is 70.5 Å². The van der Waals surface area contributed by atoms with E-state index >= 15 is 0 Å². The minimum atomic E-state index is 0.933. The third-order valence-corrected chi connectivity index (χ3v) is 3.96. The van der Waals surface area contributed by atoms with Crippen LogP contribution in [0.2, 0.25) is 0 Å². The molecule has 0 aliphatic carbocycles. The van der Waals surface area contributed by atoms with Crippen LogP contribution in [-0.4, -0.2) is 9.97 Å². The molecule has 0 saturated carbocycles. The van der Waals surface area contributed by atoms with Crippen molar-refractivity contribution in [1.82, 2.24) is 9.97 Å². The van der Waals surface area contributed by atoms with E-state index in [2.05, 4.69) is 64.1 Å². The Labute approximate surface area is 138 Å². The molecule has 3 aromatic rings. The van der Waals surface area contributed by atoms with Gasteiger partial charge in [0.15, 0.2) is 0 Å². The van der Waals surface area contributed by atoms with Gasteiger partial charge >= 0.3 is 0 Å². The Kier molecular flexibility index (Phi) is 3.99. The van der Waals surface area contributed by atoms with Crippen LogP contribution in [0.3, 0.4) is 0 Å². The van der Waals surface area contributed by atoms with E-state index in [0.29, 0.717) is 0 Å². The van der Waals surface area contributed by atoms with Gasteiger partial charge in [-0.05, 0) is 58.9 Å². The van der Waals surface area contributed by atoms with E-state index in [0.717, 1.165) is 28.2 Å². The topological polar surface area (TPSA) is 25.8 Å². The molecule has 1 heterocycles. The average Bonchev–Trinajstić information content (AvgIpc) is 2.45. The lowest BCUT2D eigenvalue weighted by Crippen LogP contribution is -1.96. The van der Waals surface area contributed by atoms with Gasteiger partial charge in [-0.3, -0.25) is 4.98 Å². The molecule has 0 fully saturated rings. The minimum Gasteiger partial charge on any atom is -0.252 e. The summed E-state index contributed by atoms with van der Waals surface area (Å²) >= 11 is 0. The minimum absolute atomic E-state index is 0.933. The van der Waals surface area contributed by atoms with Crippen LogP contribution < -0.4 is 0 Å². The average molecular weight is 302 g/mol. The van der Waals surface area contributed by atoms with Crippen molar-refractivity contribution in [1.29, 1.82) is 0 Å². The summed E-state index contributed by atoms with van der Waals surface area (Å²) in [4.78, 5) is 9.50. The largest absolute Gasteiger partial charge is 0.252 e. The maximum Gasteiger partial charge on any atom is 0.0915 e. The van der Waals surface area contributed by atoms with Gasteiger partial charge in [0.2, 0.25) is 0 Å². The molecule has 0 aliphatic heterocycles. The molecule has 3 rings (SSSR count). The Hall–Kier alpha value is -2.48. The summed E-state index contributed by atoms with van der Waals surface area (Å²) in [5, 5.41) is 0. The summed E-state index contributed by atoms with van der Waals surface area (Å²) in [6.45, 7) is 10.5. The molecule has 1 aromatic heterocycles.